The molecule has 0 radical (unpaired) electrons. The number of methoxy groups -OCH3 is 1. The van der Waals surface area contributed by atoms with Crippen LogP contribution in [0.3, 0.4) is 0 Å². The van der Waals surface area contributed by atoms with E-state index in [9.17, 15) is 14.7 Å². The lowest BCUT2D eigenvalue weighted by Crippen LogP contribution is -2.59. The summed E-state index contributed by atoms with van der Waals surface area (Å²) in [6.45, 7) is 5.39. The first kappa shape index (κ1) is 21.5. The van der Waals surface area contributed by atoms with Gasteiger partial charge < -0.3 is 24.2 Å². The molecule has 1 aliphatic carbocycles. The first-order valence-electron chi connectivity index (χ1n) is 11.4. The predicted molar refractivity (Wildman–Crippen MR) is 120 cm³/mol. The van der Waals surface area contributed by atoms with Gasteiger partial charge in [-0.2, -0.15) is 0 Å². The van der Waals surface area contributed by atoms with Crippen LogP contribution < -0.4 is 4.74 Å². The Kier molecular flexibility index (Phi) is 6.12. The van der Waals surface area contributed by atoms with Crippen molar-refractivity contribution in [1.82, 2.24) is 14.4 Å². The van der Waals surface area contributed by atoms with Crippen LogP contribution in [0.1, 0.15) is 56.3 Å². The smallest absolute Gasteiger partial charge is 0.407 e. The third-order valence-corrected chi connectivity index (χ3v) is 6.92. The molecule has 4 rings (SSSR count). The molecule has 1 N–H and O–H groups in total. The van der Waals surface area contributed by atoms with Gasteiger partial charge in [0, 0.05) is 43.3 Å². The van der Waals surface area contributed by atoms with Crippen molar-refractivity contribution in [3.8, 4) is 5.75 Å². The highest BCUT2D eigenvalue weighted by Crippen LogP contribution is 2.34. The van der Waals surface area contributed by atoms with Crippen LogP contribution in [0.15, 0.2) is 24.4 Å². The van der Waals surface area contributed by atoms with Gasteiger partial charge in [-0.05, 0) is 38.7 Å². The second kappa shape index (κ2) is 8.81. The lowest BCUT2D eigenvalue weighted by atomic mass is 9.89. The molecular weight excluding hydrogens is 394 g/mol. The van der Waals surface area contributed by atoms with E-state index in [-0.39, 0.29) is 18.0 Å². The van der Waals surface area contributed by atoms with E-state index in [1.54, 1.807) is 7.11 Å². The fourth-order valence-corrected chi connectivity index (χ4v) is 5.47. The van der Waals surface area contributed by atoms with Gasteiger partial charge in [0.05, 0.1) is 18.2 Å². The number of piperazine rings is 1. The zero-order chi connectivity index (χ0) is 22.1. The Morgan fingerprint density at radius 1 is 1.10 bits per heavy atom. The summed E-state index contributed by atoms with van der Waals surface area (Å²) in [5.41, 5.74) is 1.65. The van der Waals surface area contributed by atoms with Gasteiger partial charge in [0.1, 0.15) is 5.75 Å². The predicted octanol–water partition coefficient (Wildman–Crippen LogP) is 4.44. The first-order valence-corrected chi connectivity index (χ1v) is 11.4. The maximum Gasteiger partial charge on any atom is 0.407 e. The first-order chi connectivity index (χ1) is 14.9. The molecule has 1 aliphatic heterocycles. The van der Waals surface area contributed by atoms with Crippen LogP contribution in [-0.2, 0) is 6.54 Å². The zero-order valence-corrected chi connectivity index (χ0v) is 18.7. The maximum atomic E-state index is 13.7. The number of hydrogen-bond acceptors (Lipinski definition) is 3. The molecule has 0 spiro atoms. The standard InChI is InChI=1S/C24H33N3O4/c1-16-12-26(24(29)30)13-17(2)27(16)23(28)20-15-25(14-18-8-5-4-6-9-18)22-19(20)10-7-11-21(22)31-3/h7,10-11,15-18H,4-6,8-9,12-14H2,1-3H3,(H,29,30). The van der Waals surface area contributed by atoms with E-state index in [0.29, 0.717) is 24.6 Å². The van der Waals surface area contributed by atoms with Crippen LogP contribution >= 0.6 is 0 Å². The van der Waals surface area contributed by atoms with Gasteiger partial charge in [-0.1, -0.05) is 31.4 Å². The molecule has 1 aromatic heterocycles. The van der Waals surface area contributed by atoms with Crippen LogP contribution in [-0.4, -0.2) is 63.8 Å². The molecule has 2 fully saturated rings. The number of hydrogen-bond donors (Lipinski definition) is 1. The summed E-state index contributed by atoms with van der Waals surface area (Å²) in [6, 6.07) is 5.50. The molecule has 0 bridgehead atoms. The Hall–Kier alpha value is -2.70. The lowest BCUT2D eigenvalue weighted by molar-refractivity contribution is 0.0300. The monoisotopic (exact) mass is 427 g/mol. The Bertz CT molecular complexity index is 951. The molecule has 2 heterocycles. The average Bonchev–Trinajstić information content (AvgIpc) is 3.12. The number of carbonyl (C=O) groups is 2. The number of para-hydroxylation sites is 1. The van der Waals surface area contributed by atoms with Crippen LogP contribution in [0.25, 0.3) is 10.9 Å². The quantitative estimate of drug-likeness (QED) is 0.783. The van der Waals surface area contributed by atoms with E-state index in [1.807, 2.05) is 43.1 Å². The van der Waals surface area contributed by atoms with Crippen molar-refractivity contribution in [1.29, 1.82) is 0 Å². The maximum absolute atomic E-state index is 13.7. The molecule has 2 atom stereocenters. The second-order valence-electron chi connectivity index (χ2n) is 9.15. The number of carboxylic acid groups (broad SMARTS) is 1. The van der Waals surface area contributed by atoms with Gasteiger partial charge in [0.25, 0.3) is 5.91 Å². The number of nitrogens with zero attached hydrogens (tertiary/aromatic N) is 3. The lowest BCUT2D eigenvalue weighted by Gasteiger charge is -2.43. The van der Waals surface area contributed by atoms with Gasteiger partial charge in [-0.25, -0.2) is 4.79 Å². The normalized spacial score (nSPS) is 22.7. The Morgan fingerprint density at radius 3 is 2.39 bits per heavy atom. The summed E-state index contributed by atoms with van der Waals surface area (Å²) >= 11 is 0. The number of carbonyl (C=O) groups excluding carboxylic acids is 1. The van der Waals surface area contributed by atoms with Crippen LogP contribution in [0.5, 0.6) is 5.75 Å². The minimum atomic E-state index is -0.931. The number of aromatic nitrogens is 1. The molecule has 7 heteroatoms. The average molecular weight is 428 g/mol. The van der Waals surface area contributed by atoms with Gasteiger partial charge >= 0.3 is 6.09 Å². The largest absolute Gasteiger partial charge is 0.495 e. The third-order valence-electron chi connectivity index (χ3n) is 6.92. The number of fused-ring (bicyclic) bond motifs is 1. The topological polar surface area (TPSA) is 75.0 Å². The molecule has 2 aliphatic rings. The number of ether oxygens (including phenoxy) is 1. The summed E-state index contributed by atoms with van der Waals surface area (Å²) in [5, 5.41) is 10.3. The molecule has 1 saturated carbocycles. The Balaban J connectivity index is 1.70. The summed E-state index contributed by atoms with van der Waals surface area (Å²) in [6.07, 6.45) is 7.37. The summed E-state index contributed by atoms with van der Waals surface area (Å²) in [4.78, 5) is 28.4. The van der Waals surface area contributed by atoms with Gasteiger partial charge in [-0.15, -0.1) is 0 Å². The fraction of sp³-hybridized carbons (Fsp3) is 0.583. The molecule has 31 heavy (non-hydrogen) atoms. The molecule has 7 nitrogen and oxygen atoms in total. The van der Waals surface area contributed by atoms with E-state index >= 15 is 0 Å². The van der Waals surface area contributed by atoms with Crippen LogP contribution in [0, 0.1) is 5.92 Å². The molecule has 2 amide bonds. The van der Waals surface area contributed by atoms with E-state index < -0.39 is 6.09 Å². The van der Waals surface area contributed by atoms with Crippen LogP contribution in [0.2, 0.25) is 0 Å². The molecule has 1 aromatic carbocycles. The minimum Gasteiger partial charge on any atom is -0.495 e. The second-order valence-corrected chi connectivity index (χ2v) is 9.15. The molecule has 2 aromatic rings. The van der Waals surface area contributed by atoms with Crippen LogP contribution in [0.4, 0.5) is 4.79 Å². The summed E-state index contributed by atoms with van der Waals surface area (Å²) in [5.74, 6) is 1.36. The molecule has 1 saturated heterocycles. The molecule has 2 unspecified atom stereocenters. The molecule has 168 valence electrons. The Labute approximate surface area is 183 Å². The van der Waals surface area contributed by atoms with Crippen molar-refractivity contribution in [3.05, 3.63) is 30.0 Å². The zero-order valence-electron chi connectivity index (χ0n) is 18.7. The van der Waals surface area contributed by atoms with Crippen molar-refractivity contribution >= 4 is 22.9 Å². The van der Waals surface area contributed by atoms with Crippen molar-refractivity contribution in [2.24, 2.45) is 5.92 Å². The SMILES string of the molecule is COc1cccc2c(C(=O)N3C(C)CN(C(=O)O)CC3C)cn(CC3CCCCC3)c12. The highest BCUT2D eigenvalue weighted by Gasteiger charge is 2.36. The number of benzene rings is 1. The van der Waals surface area contributed by atoms with E-state index in [1.165, 1.54) is 37.0 Å². The van der Waals surface area contributed by atoms with E-state index in [4.69, 9.17) is 4.74 Å². The van der Waals surface area contributed by atoms with Crippen molar-refractivity contribution < 1.29 is 19.4 Å². The highest BCUT2D eigenvalue weighted by atomic mass is 16.5. The van der Waals surface area contributed by atoms with Gasteiger partial charge in [-0.3, -0.25) is 4.79 Å². The molecular formula is C24H33N3O4. The fourth-order valence-electron chi connectivity index (χ4n) is 5.47. The Morgan fingerprint density at radius 2 is 1.77 bits per heavy atom. The number of rotatable bonds is 4. The van der Waals surface area contributed by atoms with Gasteiger partial charge in [0.15, 0.2) is 0 Å². The summed E-state index contributed by atoms with van der Waals surface area (Å²) in [7, 11) is 1.67. The van der Waals surface area contributed by atoms with Crippen molar-refractivity contribution in [2.45, 2.75) is 64.6 Å². The number of amides is 2. The van der Waals surface area contributed by atoms with E-state index in [0.717, 1.165) is 23.2 Å². The third kappa shape index (κ3) is 4.10. The van der Waals surface area contributed by atoms with E-state index in [2.05, 4.69) is 4.57 Å². The van der Waals surface area contributed by atoms with Crippen molar-refractivity contribution in [3.63, 3.8) is 0 Å². The minimum absolute atomic E-state index is 0.0364. The highest BCUT2D eigenvalue weighted by molar-refractivity contribution is 6.08. The van der Waals surface area contributed by atoms with Crippen molar-refractivity contribution in [2.75, 3.05) is 20.2 Å². The van der Waals surface area contributed by atoms with Gasteiger partial charge in [0.2, 0.25) is 0 Å². The summed E-state index contributed by atoms with van der Waals surface area (Å²) < 4.78 is 7.87.